The van der Waals surface area contributed by atoms with Crippen molar-refractivity contribution in [1.29, 1.82) is 0 Å². The number of rotatable bonds is 1. The van der Waals surface area contributed by atoms with E-state index in [-0.39, 0.29) is 0 Å². The zero-order valence-corrected chi connectivity index (χ0v) is 8.70. The van der Waals surface area contributed by atoms with Crippen LogP contribution in [-0.2, 0) is 11.8 Å². The van der Waals surface area contributed by atoms with Crippen molar-refractivity contribution >= 4 is 6.34 Å². The molecule has 0 saturated carbocycles. The maximum Gasteiger partial charge on any atom is 0.416 e. The molecule has 0 aromatic heterocycles. The van der Waals surface area contributed by atoms with Crippen LogP contribution in [0.15, 0.2) is 41.5 Å². The molecule has 17 heavy (non-hydrogen) atoms. The first-order valence-corrected chi connectivity index (χ1v) is 4.86. The molecule has 6 heteroatoms. The number of hydrogen-bond acceptors (Lipinski definition) is 3. The van der Waals surface area contributed by atoms with Crippen LogP contribution < -0.4 is 11.1 Å². The van der Waals surface area contributed by atoms with Crippen molar-refractivity contribution in [2.75, 3.05) is 0 Å². The summed E-state index contributed by atoms with van der Waals surface area (Å²) in [6.07, 6.45) is 0.228. The molecule has 1 aliphatic rings. The van der Waals surface area contributed by atoms with Crippen molar-refractivity contribution in [1.82, 2.24) is 5.32 Å². The van der Waals surface area contributed by atoms with Crippen LogP contribution in [0.5, 0.6) is 0 Å². The van der Waals surface area contributed by atoms with Gasteiger partial charge in [-0.3, -0.25) is 5.73 Å². The van der Waals surface area contributed by atoms with E-state index in [0.717, 1.165) is 12.1 Å². The van der Waals surface area contributed by atoms with Gasteiger partial charge in [0.2, 0.25) is 0 Å². The van der Waals surface area contributed by atoms with Gasteiger partial charge < -0.3 is 5.32 Å². The molecule has 1 unspecified atom stereocenters. The van der Waals surface area contributed by atoms with Gasteiger partial charge >= 0.3 is 6.18 Å². The van der Waals surface area contributed by atoms with Gasteiger partial charge in [-0.05, 0) is 23.8 Å². The van der Waals surface area contributed by atoms with Crippen LogP contribution in [0.1, 0.15) is 11.1 Å². The summed E-state index contributed by atoms with van der Waals surface area (Å²) in [5.74, 6) is 0. The van der Waals surface area contributed by atoms with E-state index in [1.807, 2.05) is 0 Å². The Hall–Kier alpha value is -1.82. The van der Waals surface area contributed by atoms with Gasteiger partial charge in [-0.2, -0.15) is 13.2 Å². The van der Waals surface area contributed by atoms with Gasteiger partial charge in [0.25, 0.3) is 0 Å². The second-order valence-electron chi connectivity index (χ2n) is 3.66. The second kappa shape index (κ2) is 3.89. The van der Waals surface area contributed by atoms with Crippen molar-refractivity contribution in [3.8, 4) is 0 Å². The Kier molecular flexibility index (Phi) is 2.66. The molecule has 0 amide bonds. The molecule has 1 heterocycles. The largest absolute Gasteiger partial charge is 0.416 e. The lowest BCUT2D eigenvalue weighted by molar-refractivity contribution is -0.137. The fourth-order valence-electron chi connectivity index (χ4n) is 1.50. The molecular weight excluding hydrogens is 231 g/mol. The highest BCUT2D eigenvalue weighted by molar-refractivity contribution is 5.59. The average molecular weight is 241 g/mol. The van der Waals surface area contributed by atoms with E-state index in [1.165, 1.54) is 18.5 Å². The van der Waals surface area contributed by atoms with E-state index >= 15 is 0 Å². The predicted molar refractivity (Wildman–Crippen MR) is 58.1 cm³/mol. The maximum absolute atomic E-state index is 12.4. The lowest BCUT2D eigenvalue weighted by Gasteiger charge is -2.24. The minimum atomic E-state index is -4.34. The van der Waals surface area contributed by atoms with Gasteiger partial charge in [0.15, 0.2) is 5.66 Å². The highest BCUT2D eigenvalue weighted by Crippen LogP contribution is 2.31. The molecule has 2 rings (SSSR count). The zero-order valence-electron chi connectivity index (χ0n) is 8.70. The lowest BCUT2D eigenvalue weighted by atomic mass is 9.99. The van der Waals surface area contributed by atoms with Crippen molar-refractivity contribution in [3.05, 3.63) is 47.7 Å². The van der Waals surface area contributed by atoms with Crippen LogP contribution in [-0.4, -0.2) is 6.34 Å². The molecule has 3 nitrogen and oxygen atoms in total. The van der Waals surface area contributed by atoms with E-state index in [4.69, 9.17) is 5.73 Å². The SMILES string of the molecule is NC1(c2ccc(C(F)(F)F)cc2)C=CNC=N1. The van der Waals surface area contributed by atoms with Gasteiger partial charge in [-0.25, -0.2) is 4.99 Å². The molecule has 0 bridgehead atoms. The molecular formula is C11H10F3N3. The zero-order chi connectivity index (χ0) is 12.5. The first-order valence-electron chi connectivity index (χ1n) is 4.86. The molecule has 0 aliphatic carbocycles. The third kappa shape index (κ3) is 2.31. The summed E-state index contributed by atoms with van der Waals surface area (Å²) < 4.78 is 37.1. The quantitative estimate of drug-likeness (QED) is 0.789. The summed E-state index contributed by atoms with van der Waals surface area (Å²) in [5, 5.41) is 2.71. The lowest BCUT2D eigenvalue weighted by Crippen LogP contribution is -2.35. The molecule has 90 valence electrons. The number of benzene rings is 1. The number of nitrogens with zero attached hydrogens (tertiary/aromatic N) is 1. The number of nitrogens with two attached hydrogens (primary N) is 1. The molecule has 0 radical (unpaired) electrons. The molecule has 1 aromatic carbocycles. The predicted octanol–water partition coefficient (Wildman–Crippen LogP) is 1.96. The third-order valence-electron chi connectivity index (χ3n) is 2.46. The minimum Gasteiger partial charge on any atom is -0.353 e. The van der Waals surface area contributed by atoms with Crippen LogP contribution in [0, 0.1) is 0 Å². The summed E-state index contributed by atoms with van der Waals surface area (Å²) in [7, 11) is 0. The Morgan fingerprint density at radius 2 is 1.82 bits per heavy atom. The van der Waals surface area contributed by atoms with E-state index in [1.54, 1.807) is 12.3 Å². The summed E-state index contributed by atoms with van der Waals surface area (Å²) in [5.41, 5.74) is 4.63. The summed E-state index contributed by atoms with van der Waals surface area (Å²) >= 11 is 0. The first-order chi connectivity index (χ1) is 7.92. The average Bonchev–Trinajstić information content (AvgIpc) is 2.29. The first kappa shape index (κ1) is 11.7. The van der Waals surface area contributed by atoms with Gasteiger partial charge in [0, 0.05) is 6.20 Å². The van der Waals surface area contributed by atoms with Gasteiger partial charge in [0.05, 0.1) is 11.9 Å². The Morgan fingerprint density at radius 3 is 2.29 bits per heavy atom. The van der Waals surface area contributed by atoms with Gasteiger partial charge in [0.1, 0.15) is 0 Å². The summed E-state index contributed by atoms with van der Waals surface area (Å²) in [6.45, 7) is 0. The van der Waals surface area contributed by atoms with E-state index in [2.05, 4.69) is 10.3 Å². The molecule has 1 atom stereocenters. The van der Waals surface area contributed by atoms with Crippen LogP contribution in [0.3, 0.4) is 0 Å². The number of alkyl halides is 3. The van der Waals surface area contributed by atoms with Crippen molar-refractivity contribution in [3.63, 3.8) is 0 Å². The number of nitrogens with one attached hydrogen (secondary N) is 1. The fourth-order valence-corrected chi connectivity index (χ4v) is 1.50. The maximum atomic E-state index is 12.4. The minimum absolute atomic E-state index is 0.500. The number of hydrogen-bond donors (Lipinski definition) is 2. The Labute approximate surface area is 95.8 Å². The Morgan fingerprint density at radius 1 is 1.18 bits per heavy atom. The number of halogens is 3. The topological polar surface area (TPSA) is 50.4 Å². The fraction of sp³-hybridized carbons (Fsp3) is 0.182. The van der Waals surface area contributed by atoms with Crippen molar-refractivity contribution < 1.29 is 13.2 Å². The standard InChI is InChI=1S/C11H10F3N3/c12-11(13,14)9-3-1-8(2-4-9)10(15)5-6-16-7-17-10/h1-7H,15H2,(H,16,17). The Balaban J connectivity index is 2.33. The van der Waals surface area contributed by atoms with Gasteiger partial charge in [-0.15, -0.1) is 0 Å². The third-order valence-corrected chi connectivity index (χ3v) is 2.46. The van der Waals surface area contributed by atoms with E-state index in [9.17, 15) is 13.2 Å². The molecule has 3 N–H and O–H groups in total. The van der Waals surface area contributed by atoms with E-state index in [0.29, 0.717) is 5.56 Å². The highest BCUT2D eigenvalue weighted by Gasteiger charge is 2.31. The van der Waals surface area contributed by atoms with E-state index < -0.39 is 17.4 Å². The Bertz CT molecular complexity index is 448. The van der Waals surface area contributed by atoms with Crippen LogP contribution in [0.25, 0.3) is 0 Å². The molecule has 1 aromatic rings. The van der Waals surface area contributed by atoms with Crippen LogP contribution in [0.4, 0.5) is 13.2 Å². The monoisotopic (exact) mass is 241 g/mol. The van der Waals surface area contributed by atoms with Crippen LogP contribution in [0.2, 0.25) is 0 Å². The molecule has 0 spiro atoms. The normalized spacial score (nSPS) is 23.5. The summed E-state index contributed by atoms with van der Waals surface area (Å²) in [6, 6.07) is 4.65. The molecule has 0 fully saturated rings. The highest BCUT2D eigenvalue weighted by atomic mass is 19.4. The van der Waals surface area contributed by atoms with Crippen molar-refractivity contribution in [2.24, 2.45) is 10.7 Å². The second-order valence-corrected chi connectivity index (χ2v) is 3.66. The molecule has 1 aliphatic heterocycles. The van der Waals surface area contributed by atoms with Crippen molar-refractivity contribution in [2.45, 2.75) is 11.8 Å². The number of aliphatic imine (C=N–C) groups is 1. The van der Waals surface area contributed by atoms with Crippen LogP contribution >= 0.6 is 0 Å². The van der Waals surface area contributed by atoms with Gasteiger partial charge in [-0.1, -0.05) is 12.1 Å². The molecule has 0 saturated heterocycles. The smallest absolute Gasteiger partial charge is 0.353 e. The summed E-state index contributed by atoms with van der Waals surface area (Å²) in [4.78, 5) is 4.00.